The van der Waals surface area contributed by atoms with Gasteiger partial charge in [-0.05, 0) is 27.2 Å². The molecule has 0 aromatic carbocycles. The third-order valence-electron chi connectivity index (χ3n) is 1.88. The van der Waals surface area contributed by atoms with Crippen LogP contribution in [0.2, 0.25) is 0 Å². The zero-order chi connectivity index (χ0) is 14.5. The van der Waals surface area contributed by atoms with Gasteiger partial charge in [0.25, 0.3) is 0 Å². The van der Waals surface area contributed by atoms with E-state index in [2.05, 4.69) is 10.3 Å². The van der Waals surface area contributed by atoms with Crippen LogP contribution < -0.4 is 5.32 Å². The minimum atomic E-state index is -0.678. The fourth-order valence-electron chi connectivity index (χ4n) is 1.20. The van der Waals surface area contributed by atoms with Crippen molar-refractivity contribution >= 4 is 18.1 Å². The van der Waals surface area contributed by atoms with Crippen molar-refractivity contribution in [2.75, 3.05) is 11.9 Å². The number of nitrogens with one attached hydrogen (secondary N) is 1. The molecule has 0 radical (unpaired) electrons. The first-order chi connectivity index (χ1) is 8.83. The maximum atomic E-state index is 11.7. The number of hydrogen-bond acceptors (Lipinski definition) is 5. The van der Waals surface area contributed by atoms with E-state index in [-0.39, 0.29) is 5.95 Å². The minimum absolute atomic E-state index is 0.0651. The SMILES string of the molecule is CCCOC(=O)n1ccnc1NC(=O)OC(C)(C)C. The average Bonchev–Trinajstić information content (AvgIpc) is 2.71. The molecule has 1 aromatic rings. The molecular formula is C12H19N3O4. The van der Waals surface area contributed by atoms with Gasteiger partial charge in [0.05, 0.1) is 6.61 Å². The smallest absolute Gasteiger partial charge is 0.420 e. The van der Waals surface area contributed by atoms with E-state index in [1.165, 1.54) is 12.4 Å². The first kappa shape index (κ1) is 15.0. The van der Waals surface area contributed by atoms with Gasteiger partial charge in [-0.1, -0.05) is 6.92 Å². The lowest BCUT2D eigenvalue weighted by molar-refractivity contribution is 0.0634. The van der Waals surface area contributed by atoms with E-state index in [9.17, 15) is 9.59 Å². The highest BCUT2D eigenvalue weighted by Gasteiger charge is 2.19. The highest BCUT2D eigenvalue weighted by Crippen LogP contribution is 2.11. The van der Waals surface area contributed by atoms with E-state index < -0.39 is 17.8 Å². The Bertz CT molecular complexity index is 448. The molecule has 0 aliphatic carbocycles. The Kier molecular flexibility index (Phi) is 4.91. The van der Waals surface area contributed by atoms with Crippen LogP contribution in [0.3, 0.4) is 0 Å². The second-order valence-electron chi connectivity index (χ2n) is 4.86. The number of nitrogens with zero attached hydrogens (tertiary/aromatic N) is 2. The van der Waals surface area contributed by atoms with Gasteiger partial charge in [-0.15, -0.1) is 0 Å². The molecule has 0 spiro atoms. The molecule has 0 aliphatic heterocycles. The maximum absolute atomic E-state index is 11.7. The number of anilines is 1. The predicted octanol–water partition coefficient (Wildman–Crippen LogP) is 2.62. The van der Waals surface area contributed by atoms with Gasteiger partial charge < -0.3 is 9.47 Å². The Morgan fingerprint density at radius 1 is 1.42 bits per heavy atom. The number of carbonyl (C=O) groups is 2. The zero-order valence-corrected chi connectivity index (χ0v) is 11.6. The van der Waals surface area contributed by atoms with Gasteiger partial charge in [0, 0.05) is 12.4 Å². The third kappa shape index (κ3) is 4.99. The molecule has 0 saturated carbocycles. The number of aromatic nitrogens is 2. The van der Waals surface area contributed by atoms with Crippen LogP contribution in [0.25, 0.3) is 0 Å². The van der Waals surface area contributed by atoms with Crippen molar-refractivity contribution < 1.29 is 19.1 Å². The Morgan fingerprint density at radius 3 is 2.68 bits per heavy atom. The van der Waals surface area contributed by atoms with Crippen molar-refractivity contribution in [2.24, 2.45) is 0 Å². The topological polar surface area (TPSA) is 82.5 Å². The summed E-state index contributed by atoms with van der Waals surface area (Å²) in [6.07, 6.45) is 2.24. The summed E-state index contributed by atoms with van der Waals surface area (Å²) in [7, 11) is 0. The van der Waals surface area contributed by atoms with Crippen molar-refractivity contribution in [1.29, 1.82) is 0 Å². The van der Waals surface area contributed by atoms with Crippen LogP contribution in [0.15, 0.2) is 12.4 Å². The highest BCUT2D eigenvalue weighted by atomic mass is 16.6. The fourth-order valence-corrected chi connectivity index (χ4v) is 1.20. The van der Waals surface area contributed by atoms with Gasteiger partial charge in [-0.25, -0.2) is 19.1 Å². The molecule has 0 unspecified atom stereocenters. The largest absolute Gasteiger partial charge is 0.449 e. The summed E-state index contributed by atoms with van der Waals surface area (Å²) < 4.78 is 11.1. The first-order valence-corrected chi connectivity index (χ1v) is 6.04. The fraction of sp³-hybridized carbons (Fsp3) is 0.583. The van der Waals surface area contributed by atoms with E-state index in [1.54, 1.807) is 20.8 Å². The number of carbonyl (C=O) groups excluding carboxylic acids is 2. The van der Waals surface area contributed by atoms with E-state index >= 15 is 0 Å². The summed E-state index contributed by atoms with van der Waals surface area (Å²) >= 11 is 0. The molecule has 0 fully saturated rings. The van der Waals surface area contributed by atoms with Crippen molar-refractivity contribution in [2.45, 2.75) is 39.7 Å². The molecule has 0 aliphatic rings. The molecule has 1 amide bonds. The van der Waals surface area contributed by atoms with Crippen LogP contribution in [0, 0.1) is 0 Å². The van der Waals surface area contributed by atoms with E-state index in [0.717, 1.165) is 11.0 Å². The Hall–Kier alpha value is -2.05. The summed E-state index contributed by atoms with van der Waals surface area (Å²) in [6.45, 7) is 7.43. The minimum Gasteiger partial charge on any atom is -0.449 e. The normalized spacial score (nSPS) is 10.9. The number of ether oxygens (including phenoxy) is 2. The summed E-state index contributed by atoms with van der Waals surface area (Å²) in [5.41, 5.74) is -0.621. The second kappa shape index (κ2) is 6.21. The van der Waals surface area contributed by atoms with Crippen LogP contribution >= 0.6 is 0 Å². The third-order valence-corrected chi connectivity index (χ3v) is 1.88. The standard InChI is InChI=1S/C12H19N3O4/c1-5-8-18-11(17)15-7-6-13-9(15)14-10(16)19-12(2,3)4/h6-7H,5,8H2,1-4H3,(H,13,14,16). The molecule has 0 saturated heterocycles. The number of amides is 1. The van der Waals surface area contributed by atoms with Crippen molar-refractivity contribution in [3.05, 3.63) is 12.4 Å². The summed E-state index contributed by atoms with van der Waals surface area (Å²) in [5, 5.41) is 2.39. The quantitative estimate of drug-likeness (QED) is 0.912. The summed E-state index contributed by atoms with van der Waals surface area (Å²) in [5.74, 6) is 0.0651. The lowest BCUT2D eigenvalue weighted by Crippen LogP contribution is -2.29. The number of hydrogen-bond donors (Lipinski definition) is 1. The average molecular weight is 269 g/mol. The Balaban J connectivity index is 2.67. The van der Waals surface area contributed by atoms with Crippen molar-refractivity contribution in [1.82, 2.24) is 9.55 Å². The maximum Gasteiger partial charge on any atom is 0.420 e. The molecule has 106 valence electrons. The molecule has 7 heteroatoms. The lowest BCUT2D eigenvalue weighted by Gasteiger charge is -2.19. The molecule has 1 rings (SSSR count). The van der Waals surface area contributed by atoms with E-state index in [0.29, 0.717) is 6.61 Å². The van der Waals surface area contributed by atoms with E-state index in [4.69, 9.17) is 9.47 Å². The summed E-state index contributed by atoms with van der Waals surface area (Å²) in [6, 6.07) is 0. The zero-order valence-electron chi connectivity index (χ0n) is 11.6. The van der Waals surface area contributed by atoms with Gasteiger partial charge in [0.15, 0.2) is 0 Å². The second-order valence-corrected chi connectivity index (χ2v) is 4.86. The molecule has 0 bridgehead atoms. The van der Waals surface area contributed by atoms with Crippen molar-refractivity contribution in [3.63, 3.8) is 0 Å². The van der Waals surface area contributed by atoms with Crippen molar-refractivity contribution in [3.8, 4) is 0 Å². The van der Waals surface area contributed by atoms with Gasteiger partial charge in [-0.3, -0.25) is 5.32 Å². The molecule has 7 nitrogen and oxygen atoms in total. The molecule has 1 aromatic heterocycles. The lowest BCUT2D eigenvalue weighted by atomic mass is 10.2. The number of rotatable bonds is 3. The van der Waals surface area contributed by atoms with Gasteiger partial charge in [0.1, 0.15) is 5.60 Å². The monoisotopic (exact) mass is 269 g/mol. The Labute approximate surface area is 111 Å². The van der Waals surface area contributed by atoms with Gasteiger partial charge in [0.2, 0.25) is 5.95 Å². The summed E-state index contributed by atoms with van der Waals surface area (Å²) in [4.78, 5) is 27.1. The molecule has 1 N–H and O–H groups in total. The van der Waals surface area contributed by atoms with Crippen LogP contribution in [0.1, 0.15) is 34.1 Å². The van der Waals surface area contributed by atoms with Crippen LogP contribution in [-0.4, -0.2) is 33.9 Å². The predicted molar refractivity (Wildman–Crippen MR) is 69.1 cm³/mol. The molecule has 0 atom stereocenters. The molecular weight excluding hydrogens is 250 g/mol. The molecule has 1 heterocycles. The molecule has 19 heavy (non-hydrogen) atoms. The van der Waals surface area contributed by atoms with E-state index in [1.807, 2.05) is 6.92 Å². The number of imidazole rings is 1. The highest BCUT2D eigenvalue weighted by molar-refractivity contribution is 5.85. The first-order valence-electron chi connectivity index (χ1n) is 6.04. The van der Waals surface area contributed by atoms with Gasteiger partial charge >= 0.3 is 12.2 Å². The van der Waals surface area contributed by atoms with Crippen LogP contribution in [0.5, 0.6) is 0 Å². The Morgan fingerprint density at radius 2 is 2.11 bits per heavy atom. The van der Waals surface area contributed by atoms with Crippen LogP contribution in [-0.2, 0) is 9.47 Å². The van der Waals surface area contributed by atoms with Gasteiger partial charge in [-0.2, -0.15) is 0 Å². The van der Waals surface area contributed by atoms with Crippen LogP contribution in [0.4, 0.5) is 15.5 Å².